The van der Waals surface area contributed by atoms with Crippen LogP contribution in [0.3, 0.4) is 0 Å². The molecule has 1 aromatic heterocycles. The van der Waals surface area contributed by atoms with Gasteiger partial charge in [0, 0.05) is 24.8 Å². The van der Waals surface area contributed by atoms with E-state index in [1.54, 1.807) is 12.3 Å². The molecule has 0 radical (unpaired) electrons. The summed E-state index contributed by atoms with van der Waals surface area (Å²) >= 11 is 0. The number of nitrogens with one attached hydrogen (secondary N) is 2. The van der Waals surface area contributed by atoms with E-state index in [-0.39, 0.29) is 11.8 Å². The van der Waals surface area contributed by atoms with Gasteiger partial charge < -0.3 is 21.8 Å². The third-order valence-corrected chi connectivity index (χ3v) is 2.09. The Morgan fingerprint density at radius 2 is 2.12 bits per heavy atom. The second-order valence-electron chi connectivity index (χ2n) is 3.53. The van der Waals surface area contributed by atoms with Crippen LogP contribution in [0.25, 0.3) is 0 Å². The molecule has 0 saturated carbocycles. The van der Waals surface area contributed by atoms with Gasteiger partial charge in [-0.05, 0) is 18.9 Å². The second kappa shape index (κ2) is 5.79. The largest absolute Gasteiger partial charge is 0.397 e. The number of aromatic amines is 1. The van der Waals surface area contributed by atoms with Crippen molar-refractivity contribution in [1.29, 1.82) is 0 Å². The fourth-order valence-electron chi connectivity index (χ4n) is 1.26. The molecule has 6 nitrogen and oxygen atoms in total. The third-order valence-electron chi connectivity index (χ3n) is 2.09. The summed E-state index contributed by atoms with van der Waals surface area (Å²) in [6.07, 6.45) is 3.32. The molecule has 88 valence electrons. The average Bonchev–Trinajstić information content (AvgIpc) is 2.63. The first-order valence-electron chi connectivity index (χ1n) is 5.10. The van der Waals surface area contributed by atoms with Crippen molar-refractivity contribution in [2.45, 2.75) is 19.3 Å². The highest BCUT2D eigenvalue weighted by molar-refractivity contribution is 5.93. The van der Waals surface area contributed by atoms with E-state index in [1.165, 1.54) is 0 Å². The molecule has 1 aromatic rings. The number of primary amides is 1. The van der Waals surface area contributed by atoms with Crippen LogP contribution in [-0.4, -0.2) is 23.3 Å². The summed E-state index contributed by atoms with van der Waals surface area (Å²) in [6, 6.07) is 1.57. The fourth-order valence-corrected chi connectivity index (χ4v) is 1.26. The molecule has 0 aliphatic carbocycles. The highest BCUT2D eigenvalue weighted by atomic mass is 16.2. The van der Waals surface area contributed by atoms with E-state index >= 15 is 0 Å². The van der Waals surface area contributed by atoms with Gasteiger partial charge in [0.1, 0.15) is 5.69 Å². The summed E-state index contributed by atoms with van der Waals surface area (Å²) in [5, 5.41) is 2.71. The Morgan fingerprint density at radius 1 is 1.38 bits per heavy atom. The lowest BCUT2D eigenvalue weighted by Gasteiger charge is -2.02. The van der Waals surface area contributed by atoms with Crippen LogP contribution >= 0.6 is 0 Å². The van der Waals surface area contributed by atoms with Gasteiger partial charge >= 0.3 is 0 Å². The minimum Gasteiger partial charge on any atom is -0.397 e. The first-order chi connectivity index (χ1) is 7.59. The van der Waals surface area contributed by atoms with Gasteiger partial charge in [-0.25, -0.2) is 0 Å². The molecule has 1 rings (SSSR count). The minimum atomic E-state index is -0.316. The van der Waals surface area contributed by atoms with Gasteiger partial charge in [0.25, 0.3) is 5.91 Å². The highest BCUT2D eigenvalue weighted by Gasteiger charge is 2.06. The van der Waals surface area contributed by atoms with Gasteiger partial charge in [-0.15, -0.1) is 0 Å². The Hall–Kier alpha value is -1.98. The van der Waals surface area contributed by atoms with Crippen LogP contribution in [0.4, 0.5) is 5.69 Å². The van der Waals surface area contributed by atoms with Gasteiger partial charge in [-0.3, -0.25) is 9.59 Å². The van der Waals surface area contributed by atoms with Crippen LogP contribution in [-0.2, 0) is 4.79 Å². The SMILES string of the molecule is NC(=O)CCCCNC(=O)c1cc(N)c[nH]1. The number of amides is 2. The zero-order valence-electron chi connectivity index (χ0n) is 8.95. The molecule has 6 heteroatoms. The van der Waals surface area contributed by atoms with Gasteiger partial charge in [-0.1, -0.05) is 0 Å². The molecule has 0 saturated heterocycles. The average molecular weight is 224 g/mol. The molecule has 0 atom stereocenters. The van der Waals surface area contributed by atoms with Crippen LogP contribution in [0, 0.1) is 0 Å². The molecule has 0 aromatic carbocycles. The van der Waals surface area contributed by atoms with Crippen LogP contribution in [0.15, 0.2) is 12.3 Å². The molecule has 0 aliphatic heterocycles. The van der Waals surface area contributed by atoms with Crippen molar-refractivity contribution < 1.29 is 9.59 Å². The van der Waals surface area contributed by atoms with Crippen LogP contribution in [0.5, 0.6) is 0 Å². The number of hydrogen-bond acceptors (Lipinski definition) is 3. The van der Waals surface area contributed by atoms with E-state index in [2.05, 4.69) is 10.3 Å². The van der Waals surface area contributed by atoms with Crippen LogP contribution in [0.1, 0.15) is 29.8 Å². The number of hydrogen-bond donors (Lipinski definition) is 4. The number of aromatic nitrogens is 1. The van der Waals surface area contributed by atoms with E-state index in [9.17, 15) is 9.59 Å². The van der Waals surface area contributed by atoms with Gasteiger partial charge in [0.2, 0.25) is 5.91 Å². The highest BCUT2D eigenvalue weighted by Crippen LogP contribution is 2.04. The molecule has 0 bridgehead atoms. The quantitative estimate of drug-likeness (QED) is 0.509. The monoisotopic (exact) mass is 224 g/mol. The van der Waals surface area contributed by atoms with E-state index in [4.69, 9.17) is 11.5 Å². The summed E-state index contributed by atoms with van der Waals surface area (Å²) in [4.78, 5) is 24.7. The predicted octanol–water partition coefficient (Wildman–Crippen LogP) is -0.0177. The maximum atomic E-state index is 11.5. The minimum absolute atomic E-state index is 0.198. The number of nitrogen functional groups attached to an aromatic ring is 1. The third kappa shape index (κ3) is 4.04. The molecular formula is C10H16N4O2. The van der Waals surface area contributed by atoms with Gasteiger partial charge in [-0.2, -0.15) is 0 Å². The number of anilines is 1. The predicted molar refractivity (Wildman–Crippen MR) is 60.6 cm³/mol. The Morgan fingerprint density at radius 3 is 2.69 bits per heavy atom. The molecule has 0 spiro atoms. The standard InChI is InChI=1S/C10H16N4O2/c11-7-5-8(14-6-7)10(16)13-4-2-1-3-9(12)15/h5-6,14H,1-4,11H2,(H2,12,15)(H,13,16). The number of carbonyl (C=O) groups excluding carboxylic acids is 2. The van der Waals surface area contributed by atoms with E-state index in [0.29, 0.717) is 30.8 Å². The van der Waals surface area contributed by atoms with E-state index < -0.39 is 0 Å². The zero-order valence-corrected chi connectivity index (χ0v) is 8.95. The number of rotatable bonds is 6. The number of unbranched alkanes of at least 4 members (excludes halogenated alkanes) is 1. The van der Waals surface area contributed by atoms with Crippen molar-refractivity contribution in [3.8, 4) is 0 Å². The lowest BCUT2D eigenvalue weighted by atomic mass is 10.2. The Bertz CT molecular complexity index is 373. The van der Waals surface area contributed by atoms with E-state index in [1.807, 2.05) is 0 Å². The summed E-state index contributed by atoms with van der Waals surface area (Å²) < 4.78 is 0. The normalized spacial score (nSPS) is 10.0. The van der Waals surface area contributed by atoms with Crippen LogP contribution < -0.4 is 16.8 Å². The summed E-state index contributed by atoms with van der Waals surface area (Å²) in [7, 11) is 0. The molecule has 0 aliphatic rings. The van der Waals surface area contributed by atoms with Gasteiger partial charge in [0.05, 0.1) is 0 Å². The molecule has 0 unspecified atom stereocenters. The van der Waals surface area contributed by atoms with Gasteiger partial charge in [0.15, 0.2) is 0 Å². The lowest BCUT2D eigenvalue weighted by Crippen LogP contribution is -2.25. The molecule has 2 amide bonds. The molecule has 1 heterocycles. The summed E-state index contributed by atoms with van der Waals surface area (Å²) in [5.74, 6) is -0.515. The fraction of sp³-hybridized carbons (Fsp3) is 0.400. The van der Waals surface area contributed by atoms with Crippen molar-refractivity contribution in [1.82, 2.24) is 10.3 Å². The number of H-pyrrole nitrogens is 1. The molecular weight excluding hydrogens is 208 g/mol. The Kier molecular flexibility index (Phi) is 4.38. The number of nitrogens with two attached hydrogens (primary N) is 2. The van der Waals surface area contributed by atoms with Crippen molar-refractivity contribution in [2.75, 3.05) is 12.3 Å². The second-order valence-corrected chi connectivity index (χ2v) is 3.53. The molecule has 16 heavy (non-hydrogen) atoms. The first-order valence-corrected chi connectivity index (χ1v) is 5.10. The summed E-state index contributed by atoms with van der Waals surface area (Å²) in [6.45, 7) is 0.519. The smallest absolute Gasteiger partial charge is 0.267 e. The van der Waals surface area contributed by atoms with E-state index in [0.717, 1.165) is 6.42 Å². The van der Waals surface area contributed by atoms with Crippen LogP contribution in [0.2, 0.25) is 0 Å². The van der Waals surface area contributed by atoms with Crippen molar-refractivity contribution in [3.63, 3.8) is 0 Å². The Labute approximate surface area is 93.4 Å². The first kappa shape index (κ1) is 12.1. The molecule has 0 fully saturated rings. The number of carbonyl (C=O) groups is 2. The lowest BCUT2D eigenvalue weighted by molar-refractivity contribution is -0.118. The topological polar surface area (TPSA) is 114 Å². The molecule has 6 N–H and O–H groups in total. The maximum absolute atomic E-state index is 11.5. The Balaban J connectivity index is 2.18. The maximum Gasteiger partial charge on any atom is 0.267 e. The summed E-state index contributed by atoms with van der Waals surface area (Å²) in [5.41, 5.74) is 11.4. The zero-order chi connectivity index (χ0) is 12.0. The van der Waals surface area contributed by atoms with Crippen molar-refractivity contribution >= 4 is 17.5 Å². The van der Waals surface area contributed by atoms with Crippen molar-refractivity contribution in [2.24, 2.45) is 5.73 Å². The van der Waals surface area contributed by atoms with Crippen molar-refractivity contribution in [3.05, 3.63) is 18.0 Å².